The lowest BCUT2D eigenvalue weighted by Gasteiger charge is -2.20. The lowest BCUT2D eigenvalue weighted by molar-refractivity contribution is -0.119. The van der Waals surface area contributed by atoms with Gasteiger partial charge in [-0.3, -0.25) is 24.1 Å². The Balaban J connectivity index is 1.56. The van der Waals surface area contributed by atoms with E-state index in [0.29, 0.717) is 16.9 Å². The summed E-state index contributed by atoms with van der Waals surface area (Å²) in [5.41, 5.74) is 6.91. The summed E-state index contributed by atoms with van der Waals surface area (Å²) in [7, 11) is 0. The van der Waals surface area contributed by atoms with E-state index in [1.54, 1.807) is 24.3 Å². The predicted octanol–water partition coefficient (Wildman–Crippen LogP) is 1.23. The SMILES string of the molecule is NC(=O)C1CC(C(=O)Nc2cccc(-c3noc(=O)[nH]3)c2)=NN1c1ccc(F)cc1. The fourth-order valence-corrected chi connectivity index (χ4v) is 3.00. The average Bonchev–Trinajstić information content (AvgIpc) is 3.36. The van der Waals surface area contributed by atoms with Crippen LogP contribution in [0.2, 0.25) is 0 Å². The Morgan fingerprint density at radius 3 is 2.67 bits per heavy atom. The van der Waals surface area contributed by atoms with Crippen LogP contribution in [-0.4, -0.2) is 33.7 Å². The largest absolute Gasteiger partial charge is 0.439 e. The molecule has 0 saturated heterocycles. The smallest absolute Gasteiger partial charge is 0.368 e. The number of aromatic amines is 1. The van der Waals surface area contributed by atoms with E-state index in [1.165, 1.54) is 29.3 Å². The van der Waals surface area contributed by atoms with Crippen molar-refractivity contribution >= 4 is 28.9 Å². The van der Waals surface area contributed by atoms with E-state index in [0.717, 1.165) is 0 Å². The topological polar surface area (TPSA) is 147 Å². The number of hydrogen-bond donors (Lipinski definition) is 3. The molecular weight excluding hydrogens is 395 g/mol. The molecule has 2 aromatic carbocycles. The number of nitrogens with one attached hydrogen (secondary N) is 2. The maximum Gasteiger partial charge on any atom is 0.439 e. The molecule has 3 aromatic rings. The van der Waals surface area contributed by atoms with Gasteiger partial charge in [-0.2, -0.15) is 5.10 Å². The first kappa shape index (κ1) is 19.1. The fourth-order valence-electron chi connectivity index (χ4n) is 3.00. The molecule has 0 saturated carbocycles. The molecule has 2 heterocycles. The molecule has 1 aliphatic rings. The summed E-state index contributed by atoms with van der Waals surface area (Å²) in [5.74, 6) is -2.12. The van der Waals surface area contributed by atoms with Crippen LogP contribution >= 0.6 is 0 Å². The van der Waals surface area contributed by atoms with E-state index in [4.69, 9.17) is 5.73 Å². The lowest BCUT2D eigenvalue weighted by atomic mass is 10.1. The van der Waals surface area contributed by atoms with E-state index in [9.17, 15) is 18.8 Å². The Labute approximate surface area is 168 Å². The summed E-state index contributed by atoms with van der Waals surface area (Å²) in [4.78, 5) is 38.1. The quantitative estimate of drug-likeness (QED) is 0.576. The number of hydrazone groups is 1. The van der Waals surface area contributed by atoms with Gasteiger partial charge in [0.05, 0.1) is 5.69 Å². The Kier molecular flexibility index (Phi) is 4.84. The fraction of sp³-hybridized carbons (Fsp3) is 0.105. The van der Waals surface area contributed by atoms with Crippen LogP contribution in [0.3, 0.4) is 0 Å². The van der Waals surface area contributed by atoms with Gasteiger partial charge in [-0.25, -0.2) is 9.18 Å². The summed E-state index contributed by atoms with van der Waals surface area (Å²) in [6.07, 6.45) is -0.00512. The van der Waals surface area contributed by atoms with Crippen LogP contribution in [-0.2, 0) is 9.59 Å². The molecule has 0 spiro atoms. The van der Waals surface area contributed by atoms with Crippen LogP contribution in [0.1, 0.15) is 6.42 Å². The number of nitrogens with zero attached hydrogens (tertiary/aromatic N) is 3. The van der Waals surface area contributed by atoms with E-state index in [-0.39, 0.29) is 18.0 Å². The molecule has 0 fully saturated rings. The van der Waals surface area contributed by atoms with Crippen LogP contribution < -0.4 is 21.8 Å². The molecule has 1 aliphatic heterocycles. The van der Waals surface area contributed by atoms with Crippen molar-refractivity contribution in [2.24, 2.45) is 10.8 Å². The number of carbonyl (C=O) groups excluding carboxylic acids is 2. The van der Waals surface area contributed by atoms with Crippen LogP contribution in [0.15, 0.2) is 62.9 Å². The van der Waals surface area contributed by atoms with Crippen LogP contribution in [0.5, 0.6) is 0 Å². The maximum atomic E-state index is 13.2. The summed E-state index contributed by atoms with van der Waals surface area (Å²) in [6, 6.07) is 11.0. The van der Waals surface area contributed by atoms with Crippen molar-refractivity contribution in [3.63, 3.8) is 0 Å². The van der Waals surface area contributed by atoms with Gasteiger partial charge < -0.3 is 11.1 Å². The standard InChI is InChI=1S/C19H15FN6O4/c20-11-4-6-13(7-5-11)26-15(16(21)27)9-14(24-26)18(28)22-12-3-1-2-10(8-12)17-23-19(29)30-25-17/h1-8,15H,9H2,(H2,21,27)(H,22,28)(H,23,25,29). The number of amides is 2. The highest BCUT2D eigenvalue weighted by atomic mass is 19.1. The maximum absolute atomic E-state index is 13.2. The average molecular weight is 410 g/mol. The van der Waals surface area contributed by atoms with Gasteiger partial charge in [-0.05, 0) is 36.4 Å². The zero-order valence-corrected chi connectivity index (χ0v) is 15.3. The van der Waals surface area contributed by atoms with Crippen LogP contribution in [0, 0.1) is 5.82 Å². The van der Waals surface area contributed by atoms with E-state index >= 15 is 0 Å². The first-order valence-electron chi connectivity index (χ1n) is 8.80. The van der Waals surface area contributed by atoms with Crippen LogP contribution in [0.4, 0.5) is 15.8 Å². The Morgan fingerprint density at radius 1 is 1.23 bits per heavy atom. The molecule has 0 radical (unpaired) electrons. The monoisotopic (exact) mass is 410 g/mol. The molecule has 11 heteroatoms. The Hall–Kier alpha value is -4.28. The number of nitrogens with two attached hydrogens (primary N) is 1. The molecule has 10 nitrogen and oxygen atoms in total. The molecule has 152 valence electrons. The van der Waals surface area contributed by atoms with Gasteiger partial charge in [-0.15, -0.1) is 0 Å². The minimum atomic E-state index is -0.872. The number of aromatic nitrogens is 2. The molecule has 1 atom stereocenters. The van der Waals surface area contributed by atoms with Crippen molar-refractivity contribution in [3.05, 3.63) is 64.9 Å². The zero-order chi connectivity index (χ0) is 21.3. The molecule has 0 aliphatic carbocycles. The highest BCUT2D eigenvalue weighted by Gasteiger charge is 2.35. The number of carbonyl (C=O) groups is 2. The highest BCUT2D eigenvalue weighted by Crippen LogP contribution is 2.26. The van der Waals surface area contributed by atoms with Crippen molar-refractivity contribution in [1.29, 1.82) is 0 Å². The van der Waals surface area contributed by atoms with Gasteiger partial charge in [0.25, 0.3) is 5.91 Å². The van der Waals surface area contributed by atoms with Gasteiger partial charge in [0.2, 0.25) is 5.91 Å². The van der Waals surface area contributed by atoms with Crippen molar-refractivity contribution in [3.8, 4) is 11.4 Å². The molecule has 4 rings (SSSR count). The van der Waals surface area contributed by atoms with Crippen LogP contribution in [0.25, 0.3) is 11.4 Å². The number of rotatable bonds is 5. The number of H-pyrrole nitrogens is 1. The van der Waals surface area contributed by atoms with Crippen molar-refractivity contribution in [2.75, 3.05) is 10.3 Å². The summed E-state index contributed by atoms with van der Waals surface area (Å²) in [6.45, 7) is 0. The summed E-state index contributed by atoms with van der Waals surface area (Å²) in [5, 5.41) is 11.8. The minimum absolute atomic E-state index is 0.00512. The zero-order valence-electron chi connectivity index (χ0n) is 15.3. The molecule has 1 aromatic heterocycles. The molecule has 2 amide bonds. The van der Waals surface area contributed by atoms with Gasteiger partial charge in [0.1, 0.15) is 17.6 Å². The third-order valence-corrected chi connectivity index (χ3v) is 4.43. The van der Waals surface area contributed by atoms with Crippen molar-refractivity contribution in [1.82, 2.24) is 10.1 Å². The molecule has 30 heavy (non-hydrogen) atoms. The normalized spacial score (nSPS) is 15.7. The second kappa shape index (κ2) is 7.62. The number of benzene rings is 2. The third kappa shape index (κ3) is 3.81. The lowest BCUT2D eigenvalue weighted by Crippen LogP contribution is -2.39. The van der Waals surface area contributed by atoms with Crippen molar-refractivity contribution < 1.29 is 18.5 Å². The minimum Gasteiger partial charge on any atom is -0.368 e. The second-order valence-electron chi connectivity index (χ2n) is 6.47. The van der Waals surface area contributed by atoms with E-state index < -0.39 is 29.4 Å². The summed E-state index contributed by atoms with van der Waals surface area (Å²) < 4.78 is 17.7. The van der Waals surface area contributed by atoms with Gasteiger partial charge in [0, 0.05) is 17.7 Å². The molecule has 0 bridgehead atoms. The van der Waals surface area contributed by atoms with Gasteiger partial charge in [0.15, 0.2) is 5.82 Å². The first-order chi connectivity index (χ1) is 14.4. The third-order valence-electron chi connectivity index (χ3n) is 4.43. The van der Waals surface area contributed by atoms with Gasteiger partial charge >= 0.3 is 5.76 Å². The molecular formula is C19H15FN6O4. The molecule has 4 N–H and O–H groups in total. The predicted molar refractivity (Wildman–Crippen MR) is 105 cm³/mol. The summed E-state index contributed by atoms with van der Waals surface area (Å²) >= 11 is 0. The number of halogens is 1. The number of primary amides is 1. The first-order valence-corrected chi connectivity index (χ1v) is 8.80. The Morgan fingerprint density at radius 2 is 2.00 bits per heavy atom. The van der Waals surface area contributed by atoms with E-state index in [1.807, 2.05) is 0 Å². The highest BCUT2D eigenvalue weighted by molar-refractivity contribution is 6.44. The molecule has 1 unspecified atom stereocenters. The number of hydrogen-bond acceptors (Lipinski definition) is 7. The van der Waals surface area contributed by atoms with Gasteiger partial charge in [-0.1, -0.05) is 17.3 Å². The van der Waals surface area contributed by atoms with E-state index in [2.05, 4.69) is 25.1 Å². The second-order valence-corrected chi connectivity index (χ2v) is 6.47. The van der Waals surface area contributed by atoms with Crippen molar-refractivity contribution in [2.45, 2.75) is 12.5 Å². The number of anilines is 2. The Bertz CT molecular complexity index is 1200.